The third-order valence-electron chi connectivity index (χ3n) is 3.33. The van der Waals surface area contributed by atoms with Gasteiger partial charge in [0.05, 0.1) is 0 Å². The molecular formula is C17H14ClNO3. The number of ketones is 1. The van der Waals surface area contributed by atoms with Crippen LogP contribution >= 0.6 is 11.6 Å². The molecule has 0 saturated carbocycles. The summed E-state index contributed by atoms with van der Waals surface area (Å²) in [6, 6.07) is 10.7. The second-order valence-electron chi connectivity index (χ2n) is 4.87. The molecule has 0 radical (unpaired) electrons. The fourth-order valence-corrected chi connectivity index (χ4v) is 2.27. The molecule has 0 unspecified atom stereocenters. The number of allylic oxidation sites excluding steroid dienone is 1. The molecule has 1 aliphatic heterocycles. The lowest BCUT2D eigenvalue weighted by Crippen LogP contribution is -1.97. The van der Waals surface area contributed by atoms with Gasteiger partial charge in [-0.1, -0.05) is 17.7 Å². The maximum Gasteiger partial charge on any atom is 0.231 e. The quantitative estimate of drug-likeness (QED) is 0.679. The predicted molar refractivity (Wildman–Crippen MR) is 85.8 cm³/mol. The topological polar surface area (TPSA) is 47.6 Å². The summed E-state index contributed by atoms with van der Waals surface area (Å²) in [4.78, 5) is 12.1. The fourth-order valence-electron chi connectivity index (χ4n) is 2.10. The van der Waals surface area contributed by atoms with E-state index in [0.29, 0.717) is 22.1 Å². The summed E-state index contributed by atoms with van der Waals surface area (Å²) in [5.41, 5.74) is 2.46. The van der Waals surface area contributed by atoms with E-state index in [1.165, 1.54) is 6.08 Å². The summed E-state index contributed by atoms with van der Waals surface area (Å²) in [7, 11) is 0. The summed E-state index contributed by atoms with van der Waals surface area (Å²) in [6.45, 7) is 2.16. The molecule has 0 fully saturated rings. The van der Waals surface area contributed by atoms with Crippen LogP contribution in [0.4, 0.5) is 5.69 Å². The van der Waals surface area contributed by atoms with E-state index in [0.717, 1.165) is 11.3 Å². The highest BCUT2D eigenvalue weighted by Gasteiger charge is 2.14. The first-order valence-corrected chi connectivity index (χ1v) is 7.14. The van der Waals surface area contributed by atoms with E-state index >= 15 is 0 Å². The van der Waals surface area contributed by atoms with Gasteiger partial charge < -0.3 is 14.8 Å². The monoisotopic (exact) mass is 315 g/mol. The molecular weight excluding hydrogens is 302 g/mol. The van der Waals surface area contributed by atoms with Crippen molar-refractivity contribution < 1.29 is 14.3 Å². The second kappa shape index (κ2) is 6.12. The van der Waals surface area contributed by atoms with Gasteiger partial charge in [0.25, 0.3) is 0 Å². The highest BCUT2D eigenvalue weighted by Crippen LogP contribution is 2.32. The van der Waals surface area contributed by atoms with Crippen molar-refractivity contribution in [3.8, 4) is 11.5 Å². The van der Waals surface area contributed by atoms with Crippen LogP contribution < -0.4 is 14.8 Å². The molecule has 3 rings (SSSR count). The number of halogens is 1. The van der Waals surface area contributed by atoms with Gasteiger partial charge in [0.2, 0.25) is 6.79 Å². The summed E-state index contributed by atoms with van der Waals surface area (Å²) in [5, 5.41) is 3.71. The second-order valence-corrected chi connectivity index (χ2v) is 5.31. The molecule has 5 heteroatoms. The maximum atomic E-state index is 12.1. The lowest BCUT2D eigenvalue weighted by atomic mass is 10.1. The fraction of sp³-hybridized carbons (Fsp3) is 0.118. The predicted octanol–water partition coefficient (Wildman–Crippen LogP) is 4.19. The van der Waals surface area contributed by atoms with Crippen molar-refractivity contribution >= 4 is 23.1 Å². The summed E-state index contributed by atoms with van der Waals surface area (Å²) in [5.74, 6) is 1.14. The Bertz CT molecular complexity index is 756. The molecule has 0 saturated heterocycles. The summed E-state index contributed by atoms with van der Waals surface area (Å²) < 4.78 is 10.5. The maximum absolute atomic E-state index is 12.1. The van der Waals surface area contributed by atoms with Gasteiger partial charge in [-0.05, 0) is 42.8 Å². The Morgan fingerprint density at radius 1 is 1.18 bits per heavy atom. The Hall–Kier alpha value is -2.46. The highest BCUT2D eigenvalue weighted by atomic mass is 35.5. The number of anilines is 1. The Balaban J connectivity index is 1.70. The number of benzene rings is 2. The summed E-state index contributed by atoms with van der Waals surface area (Å²) >= 11 is 5.95. The van der Waals surface area contributed by atoms with E-state index in [9.17, 15) is 4.79 Å². The van der Waals surface area contributed by atoms with Gasteiger partial charge in [0.15, 0.2) is 17.3 Å². The molecule has 1 aliphatic rings. The highest BCUT2D eigenvalue weighted by molar-refractivity contribution is 6.30. The Kier molecular flexibility index (Phi) is 4.02. The van der Waals surface area contributed by atoms with Crippen LogP contribution in [-0.4, -0.2) is 12.6 Å². The first-order valence-electron chi connectivity index (χ1n) is 6.77. The minimum Gasteiger partial charge on any atom is -0.454 e. The van der Waals surface area contributed by atoms with E-state index < -0.39 is 0 Å². The van der Waals surface area contributed by atoms with Crippen molar-refractivity contribution in [3.05, 3.63) is 64.8 Å². The van der Waals surface area contributed by atoms with Gasteiger partial charge in [-0.15, -0.1) is 0 Å². The van der Waals surface area contributed by atoms with Gasteiger partial charge >= 0.3 is 0 Å². The Labute approximate surface area is 133 Å². The van der Waals surface area contributed by atoms with E-state index in [1.54, 1.807) is 24.4 Å². The number of rotatable bonds is 4. The van der Waals surface area contributed by atoms with Crippen LogP contribution in [0.15, 0.2) is 48.7 Å². The van der Waals surface area contributed by atoms with Crippen LogP contribution in [0.1, 0.15) is 15.9 Å². The zero-order valence-electron chi connectivity index (χ0n) is 11.9. The molecule has 112 valence electrons. The Morgan fingerprint density at radius 2 is 2.00 bits per heavy atom. The van der Waals surface area contributed by atoms with Crippen molar-refractivity contribution in [2.24, 2.45) is 0 Å². The van der Waals surface area contributed by atoms with E-state index in [4.69, 9.17) is 21.1 Å². The number of fused-ring (bicyclic) bond motifs is 1. The molecule has 1 N–H and O–H groups in total. The van der Waals surface area contributed by atoms with Crippen molar-refractivity contribution in [1.82, 2.24) is 0 Å². The number of ether oxygens (including phenoxy) is 2. The average molecular weight is 316 g/mol. The van der Waals surface area contributed by atoms with Crippen molar-refractivity contribution in [2.45, 2.75) is 6.92 Å². The van der Waals surface area contributed by atoms with Crippen LogP contribution in [0.5, 0.6) is 11.5 Å². The van der Waals surface area contributed by atoms with E-state index in [-0.39, 0.29) is 12.6 Å². The Morgan fingerprint density at radius 3 is 2.86 bits per heavy atom. The van der Waals surface area contributed by atoms with E-state index in [1.807, 2.05) is 25.1 Å². The molecule has 2 aromatic rings. The number of aryl methyl sites for hydroxylation is 1. The molecule has 0 spiro atoms. The normalized spacial score (nSPS) is 12.6. The van der Waals surface area contributed by atoms with Crippen molar-refractivity contribution in [1.29, 1.82) is 0 Å². The van der Waals surface area contributed by atoms with Crippen molar-refractivity contribution in [3.63, 3.8) is 0 Å². The van der Waals surface area contributed by atoms with Gasteiger partial charge in [0, 0.05) is 28.5 Å². The number of nitrogens with one attached hydrogen (secondary N) is 1. The SMILES string of the molecule is Cc1ccc(Cl)cc1N/C=C/C(=O)c1ccc2c(c1)OCO2. The molecule has 22 heavy (non-hydrogen) atoms. The van der Waals surface area contributed by atoms with Crippen LogP contribution in [0, 0.1) is 6.92 Å². The zero-order chi connectivity index (χ0) is 15.5. The third-order valence-corrected chi connectivity index (χ3v) is 3.57. The van der Waals surface area contributed by atoms with Gasteiger partial charge in [-0.25, -0.2) is 0 Å². The molecule has 0 aliphatic carbocycles. The molecule has 1 heterocycles. The molecule has 4 nitrogen and oxygen atoms in total. The molecule has 0 amide bonds. The summed E-state index contributed by atoms with van der Waals surface area (Å²) in [6.07, 6.45) is 3.07. The number of hydrogen-bond donors (Lipinski definition) is 1. The number of hydrogen-bond acceptors (Lipinski definition) is 4. The van der Waals surface area contributed by atoms with E-state index in [2.05, 4.69) is 5.32 Å². The lowest BCUT2D eigenvalue weighted by molar-refractivity contribution is 0.104. The first kappa shape index (κ1) is 14.5. The van der Waals surface area contributed by atoms with Crippen LogP contribution in [0.3, 0.4) is 0 Å². The van der Waals surface area contributed by atoms with Crippen LogP contribution in [0.2, 0.25) is 5.02 Å². The number of carbonyl (C=O) groups excluding carboxylic acids is 1. The molecule has 0 bridgehead atoms. The van der Waals surface area contributed by atoms with Gasteiger partial charge in [-0.3, -0.25) is 4.79 Å². The zero-order valence-corrected chi connectivity index (χ0v) is 12.7. The van der Waals surface area contributed by atoms with Crippen LogP contribution in [0.25, 0.3) is 0 Å². The minimum absolute atomic E-state index is 0.120. The largest absolute Gasteiger partial charge is 0.454 e. The van der Waals surface area contributed by atoms with Crippen molar-refractivity contribution in [2.75, 3.05) is 12.1 Å². The molecule has 0 aromatic heterocycles. The molecule has 0 atom stereocenters. The van der Waals surface area contributed by atoms with Gasteiger partial charge in [0.1, 0.15) is 0 Å². The van der Waals surface area contributed by atoms with Crippen LogP contribution in [-0.2, 0) is 0 Å². The minimum atomic E-state index is -0.120. The lowest BCUT2D eigenvalue weighted by Gasteiger charge is -2.05. The van der Waals surface area contributed by atoms with Gasteiger partial charge in [-0.2, -0.15) is 0 Å². The first-order chi connectivity index (χ1) is 10.6. The number of carbonyl (C=O) groups is 1. The molecule has 2 aromatic carbocycles. The third kappa shape index (κ3) is 3.07. The average Bonchev–Trinajstić information content (AvgIpc) is 2.98. The standard InChI is InChI=1S/C17H14ClNO3/c1-11-2-4-13(18)9-14(11)19-7-6-15(20)12-3-5-16-17(8-12)22-10-21-16/h2-9,19H,10H2,1H3/b7-6+. The smallest absolute Gasteiger partial charge is 0.231 e.